The molecule has 0 radical (unpaired) electrons. The molecule has 0 amide bonds. The molecule has 2 nitrogen and oxygen atoms in total. The molecule has 2 rings (SSSR count). The van der Waals surface area contributed by atoms with E-state index >= 15 is 0 Å². The van der Waals surface area contributed by atoms with Gasteiger partial charge in [0.15, 0.2) is 0 Å². The third-order valence-corrected chi connectivity index (χ3v) is 4.17. The molecule has 1 heterocycles. The lowest BCUT2D eigenvalue weighted by Crippen LogP contribution is -2.04. The van der Waals surface area contributed by atoms with Crippen molar-refractivity contribution in [1.29, 1.82) is 0 Å². The van der Waals surface area contributed by atoms with E-state index in [0.29, 0.717) is 6.54 Å². The second kappa shape index (κ2) is 4.41. The summed E-state index contributed by atoms with van der Waals surface area (Å²) < 4.78 is 0. The van der Waals surface area contributed by atoms with E-state index in [9.17, 15) is 0 Å². The fourth-order valence-electron chi connectivity index (χ4n) is 2.17. The fraction of sp³-hybridized carbons (Fsp3) is 0.727. The van der Waals surface area contributed by atoms with Crippen LogP contribution in [0.1, 0.15) is 47.2 Å². The summed E-state index contributed by atoms with van der Waals surface area (Å²) in [7, 11) is 0. The monoisotopic (exact) mass is 210 g/mol. The highest BCUT2D eigenvalue weighted by molar-refractivity contribution is 7.11. The van der Waals surface area contributed by atoms with E-state index in [4.69, 9.17) is 10.7 Å². The average molecular weight is 210 g/mol. The maximum Gasteiger partial charge on any atom is 0.0961 e. The number of nitrogens with two attached hydrogens (primary N) is 1. The molecule has 2 N–H and O–H groups in total. The summed E-state index contributed by atoms with van der Waals surface area (Å²) in [5.74, 6) is 0.755. The molecule has 0 atom stereocenters. The first-order chi connectivity index (χ1) is 6.81. The van der Waals surface area contributed by atoms with E-state index in [2.05, 4.69) is 6.92 Å². The van der Waals surface area contributed by atoms with Gasteiger partial charge in [-0.25, -0.2) is 4.98 Å². The van der Waals surface area contributed by atoms with Gasteiger partial charge in [-0.05, 0) is 26.3 Å². The summed E-state index contributed by atoms with van der Waals surface area (Å²) in [6.45, 7) is 2.88. The largest absolute Gasteiger partial charge is 0.330 e. The molecule has 0 unspecified atom stereocenters. The molecular formula is C11H18N2S. The van der Waals surface area contributed by atoms with Crippen LogP contribution in [0.4, 0.5) is 0 Å². The number of rotatable bonds is 3. The highest BCUT2D eigenvalue weighted by atomic mass is 32.1. The quantitative estimate of drug-likeness (QED) is 0.833. The molecule has 0 aromatic carbocycles. The molecule has 1 aromatic heterocycles. The molecule has 0 spiro atoms. The van der Waals surface area contributed by atoms with E-state index in [1.54, 1.807) is 0 Å². The summed E-state index contributed by atoms with van der Waals surface area (Å²) in [6.07, 6.45) is 6.39. The lowest BCUT2D eigenvalue weighted by Gasteiger charge is -2.02. The first-order valence-electron chi connectivity index (χ1n) is 5.47. The van der Waals surface area contributed by atoms with Crippen molar-refractivity contribution in [3.05, 3.63) is 15.6 Å². The summed E-state index contributed by atoms with van der Waals surface area (Å²) in [6, 6.07) is 0. The lowest BCUT2D eigenvalue weighted by atomic mass is 10.1. The number of aromatic nitrogens is 1. The van der Waals surface area contributed by atoms with Gasteiger partial charge in [0.05, 0.1) is 10.7 Å². The van der Waals surface area contributed by atoms with Gasteiger partial charge in [0, 0.05) is 17.2 Å². The highest BCUT2D eigenvalue weighted by Gasteiger charge is 2.21. The maximum atomic E-state index is 5.56. The van der Waals surface area contributed by atoms with Crippen molar-refractivity contribution in [3.8, 4) is 0 Å². The van der Waals surface area contributed by atoms with Gasteiger partial charge in [-0.15, -0.1) is 11.3 Å². The van der Waals surface area contributed by atoms with E-state index < -0.39 is 0 Å². The molecule has 78 valence electrons. The Morgan fingerprint density at radius 2 is 2.14 bits per heavy atom. The summed E-state index contributed by atoms with van der Waals surface area (Å²) in [5, 5.41) is 1.36. The molecule has 1 aromatic rings. The van der Waals surface area contributed by atoms with Crippen LogP contribution in [0.3, 0.4) is 0 Å². The Balaban J connectivity index is 2.14. The molecule has 3 heteroatoms. The van der Waals surface area contributed by atoms with Gasteiger partial charge in [-0.3, -0.25) is 0 Å². The number of thiazole rings is 1. The van der Waals surface area contributed by atoms with Gasteiger partial charge >= 0.3 is 0 Å². The van der Waals surface area contributed by atoms with Crippen molar-refractivity contribution < 1.29 is 0 Å². The minimum Gasteiger partial charge on any atom is -0.330 e. The number of hydrogen-bond donors (Lipinski definition) is 1. The summed E-state index contributed by atoms with van der Waals surface area (Å²) in [5.41, 5.74) is 6.79. The molecule has 0 aliphatic heterocycles. The molecule has 1 saturated carbocycles. The third-order valence-electron chi connectivity index (χ3n) is 2.99. The molecule has 14 heavy (non-hydrogen) atoms. The Hall–Kier alpha value is -0.410. The molecule has 0 bridgehead atoms. The van der Waals surface area contributed by atoms with Gasteiger partial charge < -0.3 is 5.73 Å². The van der Waals surface area contributed by atoms with Crippen LogP contribution >= 0.6 is 11.3 Å². The van der Waals surface area contributed by atoms with E-state index in [1.807, 2.05) is 11.3 Å². The van der Waals surface area contributed by atoms with Crippen LogP contribution in [0.15, 0.2) is 0 Å². The Kier molecular flexibility index (Phi) is 3.19. The molecular weight excluding hydrogens is 192 g/mol. The molecule has 1 fully saturated rings. The predicted octanol–water partition coefficient (Wildman–Crippen LogP) is 2.61. The fourth-order valence-corrected chi connectivity index (χ4v) is 3.30. The normalized spacial score (nSPS) is 17.9. The van der Waals surface area contributed by atoms with Crippen molar-refractivity contribution in [1.82, 2.24) is 4.98 Å². The van der Waals surface area contributed by atoms with Crippen LogP contribution in [0.2, 0.25) is 0 Å². The molecule has 1 aliphatic rings. The van der Waals surface area contributed by atoms with Crippen molar-refractivity contribution in [2.24, 2.45) is 5.73 Å². The first kappa shape index (κ1) is 10.1. The molecule has 1 aliphatic carbocycles. The number of aryl methyl sites for hydroxylation is 1. The standard InChI is InChI=1S/C11H18N2S/c1-8-10(6-7-12)13-11(14-8)9-4-2-3-5-9/h9H,2-7,12H2,1H3. The predicted molar refractivity (Wildman–Crippen MR) is 60.8 cm³/mol. The SMILES string of the molecule is Cc1sc(C2CCCC2)nc1CCN. The summed E-state index contributed by atoms with van der Waals surface area (Å²) >= 11 is 1.88. The summed E-state index contributed by atoms with van der Waals surface area (Å²) in [4.78, 5) is 6.09. The Morgan fingerprint density at radius 3 is 2.79 bits per heavy atom. The lowest BCUT2D eigenvalue weighted by molar-refractivity contribution is 0.711. The van der Waals surface area contributed by atoms with Gasteiger partial charge in [0.25, 0.3) is 0 Å². The first-order valence-corrected chi connectivity index (χ1v) is 6.29. The minimum atomic E-state index is 0.717. The zero-order valence-electron chi connectivity index (χ0n) is 8.75. The average Bonchev–Trinajstić information content (AvgIpc) is 2.76. The third kappa shape index (κ3) is 1.98. The van der Waals surface area contributed by atoms with Crippen LogP contribution in [0.5, 0.6) is 0 Å². The van der Waals surface area contributed by atoms with Gasteiger partial charge in [0.1, 0.15) is 0 Å². The minimum absolute atomic E-state index is 0.717. The zero-order chi connectivity index (χ0) is 9.97. The maximum absolute atomic E-state index is 5.56. The van der Waals surface area contributed by atoms with Crippen LogP contribution in [0, 0.1) is 6.92 Å². The van der Waals surface area contributed by atoms with Crippen molar-refractivity contribution in [2.75, 3.05) is 6.54 Å². The van der Waals surface area contributed by atoms with Gasteiger partial charge in [0.2, 0.25) is 0 Å². The van der Waals surface area contributed by atoms with Gasteiger partial charge in [-0.1, -0.05) is 12.8 Å². The second-order valence-electron chi connectivity index (χ2n) is 4.08. The van der Waals surface area contributed by atoms with Crippen LogP contribution < -0.4 is 5.73 Å². The van der Waals surface area contributed by atoms with E-state index in [0.717, 1.165) is 12.3 Å². The van der Waals surface area contributed by atoms with Crippen LogP contribution in [0.25, 0.3) is 0 Å². The Bertz CT molecular complexity index is 300. The smallest absolute Gasteiger partial charge is 0.0961 e. The van der Waals surface area contributed by atoms with Crippen molar-refractivity contribution in [3.63, 3.8) is 0 Å². The van der Waals surface area contributed by atoms with Crippen molar-refractivity contribution in [2.45, 2.75) is 44.9 Å². The highest BCUT2D eigenvalue weighted by Crippen LogP contribution is 2.36. The second-order valence-corrected chi connectivity index (χ2v) is 5.31. The van der Waals surface area contributed by atoms with Crippen LogP contribution in [-0.2, 0) is 6.42 Å². The van der Waals surface area contributed by atoms with Crippen LogP contribution in [-0.4, -0.2) is 11.5 Å². The number of nitrogens with zero attached hydrogens (tertiary/aromatic N) is 1. The van der Waals surface area contributed by atoms with E-state index in [1.165, 1.54) is 41.3 Å². The number of hydrogen-bond acceptors (Lipinski definition) is 3. The van der Waals surface area contributed by atoms with Crippen molar-refractivity contribution >= 4 is 11.3 Å². The Labute approximate surface area is 89.5 Å². The topological polar surface area (TPSA) is 38.9 Å². The van der Waals surface area contributed by atoms with E-state index in [-0.39, 0.29) is 0 Å². The van der Waals surface area contributed by atoms with Gasteiger partial charge in [-0.2, -0.15) is 0 Å². The zero-order valence-corrected chi connectivity index (χ0v) is 9.57. The molecule has 0 saturated heterocycles. The Morgan fingerprint density at radius 1 is 1.43 bits per heavy atom.